The topological polar surface area (TPSA) is 67.9 Å². The maximum atomic E-state index is 12.6. The Kier molecular flexibility index (Phi) is 6.97. The molecule has 2 aliphatic heterocycles. The van der Waals surface area contributed by atoms with E-state index in [1.54, 1.807) is 6.07 Å². The molecule has 164 valence electrons. The fraction of sp³-hybridized carbons (Fsp3) is 0.417. The molecule has 1 saturated heterocycles. The third kappa shape index (κ3) is 5.50. The lowest BCUT2D eigenvalue weighted by molar-refractivity contribution is -0.135. The first-order valence-corrected chi connectivity index (χ1v) is 11.2. The van der Waals surface area contributed by atoms with E-state index in [1.165, 1.54) is 5.56 Å². The Labute approximate surface area is 187 Å². The molecule has 1 N–H and O–H groups in total. The normalized spacial score (nSPS) is 16.1. The Morgan fingerprint density at radius 1 is 1.03 bits per heavy atom. The first-order chi connectivity index (χ1) is 15.1. The second-order valence-corrected chi connectivity index (χ2v) is 8.37. The van der Waals surface area contributed by atoms with Gasteiger partial charge in [0.15, 0.2) is 11.5 Å². The minimum atomic E-state index is -0.0779. The van der Waals surface area contributed by atoms with Crippen LogP contribution in [0.3, 0.4) is 0 Å². The van der Waals surface area contributed by atoms with Gasteiger partial charge in [-0.1, -0.05) is 41.9 Å². The standard InChI is InChI=1S/C24H27ClN2O4/c25-20-14-18(15-21-23(20)31-13-12-30-21)16-26-24(29)19-8-10-27(11-9-19)22(28)7-6-17-4-2-1-3-5-17/h1-5,14-15,19H,6-13,16H2,(H,26,29). The largest absolute Gasteiger partial charge is 0.486 e. The number of hydrogen-bond acceptors (Lipinski definition) is 4. The highest BCUT2D eigenvalue weighted by molar-refractivity contribution is 6.32. The summed E-state index contributed by atoms with van der Waals surface area (Å²) in [4.78, 5) is 27.0. The number of amides is 2. The molecule has 2 heterocycles. The zero-order valence-electron chi connectivity index (χ0n) is 17.4. The van der Waals surface area contributed by atoms with Crippen molar-refractivity contribution in [3.05, 3.63) is 58.6 Å². The summed E-state index contributed by atoms with van der Waals surface area (Å²) in [5.41, 5.74) is 2.04. The molecular formula is C24H27ClN2O4. The number of likely N-dealkylation sites (tertiary alicyclic amines) is 1. The Morgan fingerprint density at radius 3 is 2.55 bits per heavy atom. The molecule has 0 atom stereocenters. The third-order valence-electron chi connectivity index (χ3n) is 5.81. The van der Waals surface area contributed by atoms with Gasteiger partial charge in [0.05, 0.1) is 5.02 Å². The molecule has 2 aromatic carbocycles. The summed E-state index contributed by atoms with van der Waals surface area (Å²) in [6.07, 6.45) is 2.62. The molecule has 0 bridgehead atoms. The van der Waals surface area contributed by atoms with Gasteiger partial charge in [0.2, 0.25) is 11.8 Å². The van der Waals surface area contributed by atoms with Crippen molar-refractivity contribution in [2.75, 3.05) is 26.3 Å². The third-order valence-corrected chi connectivity index (χ3v) is 6.09. The van der Waals surface area contributed by atoms with Gasteiger partial charge in [0, 0.05) is 32.0 Å². The van der Waals surface area contributed by atoms with E-state index in [9.17, 15) is 9.59 Å². The van der Waals surface area contributed by atoms with Crippen LogP contribution in [-0.4, -0.2) is 43.0 Å². The zero-order valence-corrected chi connectivity index (χ0v) is 18.2. The molecule has 1 fully saturated rings. The molecule has 6 nitrogen and oxygen atoms in total. The van der Waals surface area contributed by atoms with Gasteiger partial charge in [-0.3, -0.25) is 9.59 Å². The van der Waals surface area contributed by atoms with Crippen molar-refractivity contribution in [2.45, 2.75) is 32.2 Å². The van der Waals surface area contributed by atoms with Crippen LogP contribution in [0, 0.1) is 5.92 Å². The minimum absolute atomic E-state index is 0.0161. The van der Waals surface area contributed by atoms with Crippen LogP contribution in [0.1, 0.15) is 30.4 Å². The number of nitrogens with one attached hydrogen (secondary N) is 1. The number of benzene rings is 2. The van der Waals surface area contributed by atoms with Crippen molar-refractivity contribution in [1.29, 1.82) is 0 Å². The van der Waals surface area contributed by atoms with Crippen LogP contribution >= 0.6 is 11.6 Å². The lowest BCUT2D eigenvalue weighted by Gasteiger charge is -2.31. The number of fused-ring (bicyclic) bond motifs is 1. The van der Waals surface area contributed by atoms with Crippen LogP contribution in [0.4, 0.5) is 0 Å². The van der Waals surface area contributed by atoms with Gasteiger partial charge < -0.3 is 19.7 Å². The van der Waals surface area contributed by atoms with Crippen molar-refractivity contribution in [2.24, 2.45) is 5.92 Å². The molecule has 0 aromatic heterocycles. The molecular weight excluding hydrogens is 416 g/mol. The highest BCUT2D eigenvalue weighted by Crippen LogP contribution is 2.38. The first kappa shape index (κ1) is 21.5. The highest BCUT2D eigenvalue weighted by Gasteiger charge is 2.27. The average Bonchev–Trinajstić information content (AvgIpc) is 2.82. The second kappa shape index (κ2) is 10.1. The van der Waals surface area contributed by atoms with Gasteiger partial charge in [-0.15, -0.1) is 0 Å². The van der Waals surface area contributed by atoms with E-state index in [0.29, 0.717) is 68.6 Å². The van der Waals surface area contributed by atoms with Crippen molar-refractivity contribution in [3.8, 4) is 11.5 Å². The zero-order chi connectivity index (χ0) is 21.6. The van der Waals surface area contributed by atoms with Gasteiger partial charge in [-0.05, 0) is 42.5 Å². The van der Waals surface area contributed by atoms with Gasteiger partial charge in [-0.25, -0.2) is 0 Å². The van der Waals surface area contributed by atoms with Crippen LogP contribution in [-0.2, 0) is 22.6 Å². The van der Waals surface area contributed by atoms with E-state index in [1.807, 2.05) is 41.3 Å². The number of rotatable bonds is 6. The minimum Gasteiger partial charge on any atom is -0.486 e. The maximum absolute atomic E-state index is 12.6. The Balaban J connectivity index is 1.22. The predicted octanol–water partition coefficient (Wildman–Crippen LogP) is 3.60. The van der Waals surface area contributed by atoms with Gasteiger partial charge >= 0.3 is 0 Å². The second-order valence-electron chi connectivity index (χ2n) is 7.96. The molecule has 0 aliphatic carbocycles. The SMILES string of the molecule is O=C(NCc1cc(Cl)c2c(c1)OCCO2)C1CCN(C(=O)CCc2ccccc2)CC1. The molecule has 4 rings (SSSR count). The lowest BCUT2D eigenvalue weighted by atomic mass is 9.95. The Morgan fingerprint density at radius 2 is 1.77 bits per heavy atom. The quantitative estimate of drug-likeness (QED) is 0.742. The van der Waals surface area contributed by atoms with Crippen molar-refractivity contribution in [3.63, 3.8) is 0 Å². The molecule has 7 heteroatoms. The number of hydrogen-bond donors (Lipinski definition) is 1. The van der Waals surface area contributed by atoms with Gasteiger partial charge in [0.1, 0.15) is 13.2 Å². The molecule has 0 radical (unpaired) electrons. The average molecular weight is 443 g/mol. The van der Waals surface area contributed by atoms with E-state index < -0.39 is 0 Å². The summed E-state index contributed by atoms with van der Waals surface area (Å²) < 4.78 is 11.1. The molecule has 2 aliphatic rings. The summed E-state index contributed by atoms with van der Waals surface area (Å²) in [6, 6.07) is 13.7. The fourth-order valence-electron chi connectivity index (χ4n) is 4.04. The van der Waals surface area contributed by atoms with Crippen LogP contribution in [0.2, 0.25) is 5.02 Å². The smallest absolute Gasteiger partial charge is 0.223 e. The van der Waals surface area contributed by atoms with Crippen molar-refractivity contribution < 1.29 is 19.1 Å². The number of carbonyl (C=O) groups is 2. The van der Waals surface area contributed by atoms with Crippen LogP contribution in [0.25, 0.3) is 0 Å². The number of ether oxygens (including phenoxy) is 2. The number of halogens is 1. The maximum Gasteiger partial charge on any atom is 0.223 e. The number of piperidine rings is 1. The number of carbonyl (C=O) groups excluding carboxylic acids is 2. The van der Waals surface area contributed by atoms with Crippen LogP contribution in [0.5, 0.6) is 11.5 Å². The molecule has 0 spiro atoms. The Bertz CT molecular complexity index is 927. The predicted molar refractivity (Wildman–Crippen MR) is 118 cm³/mol. The molecule has 0 saturated carbocycles. The van der Waals surface area contributed by atoms with Crippen molar-refractivity contribution in [1.82, 2.24) is 10.2 Å². The monoisotopic (exact) mass is 442 g/mol. The van der Waals surface area contributed by atoms with E-state index in [4.69, 9.17) is 21.1 Å². The van der Waals surface area contributed by atoms with E-state index in [-0.39, 0.29) is 17.7 Å². The van der Waals surface area contributed by atoms with E-state index >= 15 is 0 Å². The van der Waals surface area contributed by atoms with E-state index in [0.717, 1.165) is 12.0 Å². The molecule has 0 unspecified atom stereocenters. The summed E-state index contributed by atoms with van der Waals surface area (Å²) in [5.74, 6) is 1.28. The highest BCUT2D eigenvalue weighted by atomic mass is 35.5. The molecule has 31 heavy (non-hydrogen) atoms. The molecule has 2 amide bonds. The summed E-state index contributed by atoms with van der Waals surface area (Å²) in [6.45, 7) is 2.60. The number of aryl methyl sites for hydroxylation is 1. The fourth-order valence-corrected chi connectivity index (χ4v) is 4.33. The summed E-state index contributed by atoms with van der Waals surface area (Å²) in [7, 11) is 0. The Hall–Kier alpha value is -2.73. The van der Waals surface area contributed by atoms with E-state index in [2.05, 4.69) is 5.32 Å². The first-order valence-electron chi connectivity index (χ1n) is 10.8. The van der Waals surface area contributed by atoms with Crippen LogP contribution < -0.4 is 14.8 Å². The summed E-state index contributed by atoms with van der Waals surface area (Å²) >= 11 is 6.27. The number of nitrogens with zero attached hydrogens (tertiary/aromatic N) is 1. The van der Waals surface area contributed by atoms with Crippen LogP contribution in [0.15, 0.2) is 42.5 Å². The van der Waals surface area contributed by atoms with Gasteiger partial charge in [-0.2, -0.15) is 0 Å². The molecule has 2 aromatic rings. The summed E-state index contributed by atoms with van der Waals surface area (Å²) in [5, 5.41) is 3.49. The van der Waals surface area contributed by atoms with Gasteiger partial charge in [0.25, 0.3) is 0 Å². The lowest BCUT2D eigenvalue weighted by Crippen LogP contribution is -2.43. The van der Waals surface area contributed by atoms with Crippen molar-refractivity contribution >= 4 is 23.4 Å².